The van der Waals surface area contributed by atoms with E-state index in [0.717, 1.165) is 31.1 Å². The van der Waals surface area contributed by atoms with Gasteiger partial charge in [-0.2, -0.15) is 0 Å². The first-order valence-corrected chi connectivity index (χ1v) is 7.54. The zero-order valence-corrected chi connectivity index (χ0v) is 13.5. The van der Waals surface area contributed by atoms with Gasteiger partial charge in [-0.1, -0.05) is 18.2 Å². The van der Waals surface area contributed by atoms with Crippen LogP contribution >= 0.6 is 23.7 Å². The molecular weight excluding hydrogens is 290 g/mol. The summed E-state index contributed by atoms with van der Waals surface area (Å²) in [4.78, 5) is 6.85. The molecule has 1 aliphatic rings. The molecule has 0 fully saturated rings. The molecule has 1 aromatic carbocycles. The number of benzene rings is 1. The molecule has 0 spiro atoms. The number of aryl methyl sites for hydroxylation is 1. The number of aromatic nitrogens is 1. The first-order valence-electron chi connectivity index (χ1n) is 6.66. The molecule has 3 rings (SSSR count). The summed E-state index contributed by atoms with van der Waals surface area (Å²) in [5, 5.41) is 6.80. The van der Waals surface area contributed by atoms with Gasteiger partial charge in [0.05, 0.1) is 10.7 Å². The molecule has 1 aromatic heterocycles. The average Bonchev–Trinajstić information content (AvgIpc) is 2.98. The minimum Gasteiger partial charge on any atom is -0.384 e. The summed E-state index contributed by atoms with van der Waals surface area (Å²) < 4.78 is 0. The van der Waals surface area contributed by atoms with Gasteiger partial charge in [-0.25, -0.2) is 4.98 Å². The van der Waals surface area contributed by atoms with Crippen molar-refractivity contribution in [2.24, 2.45) is 0 Å². The average molecular weight is 310 g/mol. The fourth-order valence-electron chi connectivity index (χ4n) is 2.65. The number of nitrogens with one attached hydrogen (secondary N) is 1. The van der Waals surface area contributed by atoms with E-state index in [-0.39, 0.29) is 12.4 Å². The van der Waals surface area contributed by atoms with Crippen molar-refractivity contribution in [3.63, 3.8) is 0 Å². The number of thiazole rings is 1. The lowest BCUT2D eigenvalue weighted by Crippen LogP contribution is -2.18. The van der Waals surface area contributed by atoms with E-state index in [1.165, 1.54) is 22.5 Å². The largest absolute Gasteiger partial charge is 0.384 e. The summed E-state index contributed by atoms with van der Waals surface area (Å²) in [5.41, 5.74) is 5.37. The third kappa shape index (κ3) is 3.32. The Morgan fingerprint density at radius 2 is 2.20 bits per heavy atom. The Morgan fingerprint density at radius 1 is 1.35 bits per heavy atom. The topological polar surface area (TPSA) is 28.2 Å². The van der Waals surface area contributed by atoms with E-state index >= 15 is 0 Å². The van der Waals surface area contributed by atoms with Crippen LogP contribution in [-0.4, -0.2) is 23.5 Å². The Balaban J connectivity index is 0.00000147. The maximum atomic E-state index is 4.53. The summed E-state index contributed by atoms with van der Waals surface area (Å²) in [7, 11) is 2.16. The number of halogens is 1. The molecule has 0 saturated heterocycles. The fraction of sp³-hybridized carbons (Fsp3) is 0.400. The summed E-state index contributed by atoms with van der Waals surface area (Å²) in [5.74, 6) is 0. The molecule has 0 amide bonds. The Bertz CT molecular complexity index is 582. The number of nitrogens with zero attached hydrogens (tertiary/aromatic N) is 2. The van der Waals surface area contributed by atoms with Crippen molar-refractivity contribution in [2.75, 3.05) is 18.9 Å². The van der Waals surface area contributed by atoms with Crippen LogP contribution in [0.2, 0.25) is 0 Å². The van der Waals surface area contributed by atoms with E-state index in [0.29, 0.717) is 0 Å². The highest BCUT2D eigenvalue weighted by Crippen LogP contribution is 2.27. The third-order valence-electron chi connectivity index (χ3n) is 3.47. The quantitative estimate of drug-likeness (QED) is 0.937. The molecule has 0 aliphatic carbocycles. The van der Waals surface area contributed by atoms with Gasteiger partial charge < -0.3 is 5.32 Å². The molecule has 1 N–H and O–H groups in total. The lowest BCUT2D eigenvalue weighted by atomic mass is 10.1. The van der Waals surface area contributed by atoms with Gasteiger partial charge in [-0.15, -0.1) is 23.7 Å². The molecule has 2 aromatic rings. The van der Waals surface area contributed by atoms with Crippen LogP contribution in [0.25, 0.3) is 0 Å². The number of anilines is 1. The highest BCUT2D eigenvalue weighted by Gasteiger charge is 2.14. The third-order valence-corrected chi connectivity index (χ3v) is 4.29. The molecule has 2 heterocycles. The molecular formula is C15H20ClN3S. The normalized spacial score (nSPS) is 12.9. The summed E-state index contributed by atoms with van der Waals surface area (Å²) in [6.45, 7) is 5.00. The van der Waals surface area contributed by atoms with Crippen molar-refractivity contribution >= 4 is 29.4 Å². The van der Waals surface area contributed by atoms with Gasteiger partial charge >= 0.3 is 0 Å². The smallest absolute Gasteiger partial charge is 0.0897 e. The zero-order chi connectivity index (χ0) is 13.2. The maximum absolute atomic E-state index is 4.53. The lowest BCUT2D eigenvalue weighted by Gasteiger charge is -2.17. The first kappa shape index (κ1) is 15.3. The Hall–Kier alpha value is -1.10. The van der Waals surface area contributed by atoms with Gasteiger partial charge in [0, 0.05) is 30.7 Å². The summed E-state index contributed by atoms with van der Waals surface area (Å²) >= 11 is 1.72. The van der Waals surface area contributed by atoms with Gasteiger partial charge in [0.25, 0.3) is 0 Å². The van der Waals surface area contributed by atoms with Gasteiger partial charge in [0.2, 0.25) is 0 Å². The van der Waals surface area contributed by atoms with Crippen LogP contribution in [0, 0.1) is 6.92 Å². The zero-order valence-electron chi connectivity index (χ0n) is 11.8. The predicted molar refractivity (Wildman–Crippen MR) is 87.9 cm³/mol. The van der Waals surface area contributed by atoms with Gasteiger partial charge in [0.1, 0.15) is 0 Å². The van der Waals surface area contributed by atoms with Crippen LogP contribution < -0.4 is 5.32 Å². The molecule has 108 valence electrons. The van der Waals surface area contributed by atoms with Crippen molar-refractivity contribution in [3.05, 3.63) is 45.4 Å². The lowest BCUT2D eigenvalue weighted by molar-refractivity contribution is 0.316. The van der Waals surface area contributed by atoms with Crippen molar-refractivity contribution in [1.29, 1.82) is 0 Å². The van der Waals surface area contributed by atoms with E-state index in [4.69, 9.17) is 0 Å². The highest BCUT2D eigenvalue weighted by atomic mass is 35.5. The predicted octanol–water partition coefficient (Wildman–Crippen LogP) is 3.47. The molecule has 1 aliphatic heterocycles. The van der Waals surface area contributed by atoms with Crippen molar-refractivity contribution in [2.45, 2.75) is 26.4 Å². The number of para-hydroxylation sites is 1. The van der Waals surface area contributed by atoms with E-state index in [1.807, 2.05) is 0 Å². The first-order chi connectivity index (χ1) is 9.22. The second-order valence-electron chi connectivity index (χ2n) is 5.16. The number of hydrogen-bond acceptors (Lipinski definition) is 4. The minimum atomic E-state index is 0. The minimum absolute atomic E-state index is 0. The molecule has 20 heavy (non-hydrogen) atoms. The van der Waals surface area contributed by atoms with E-state index in [9.17, 15) is 0 Å². The van der Waals surface area contributed by atoms with Crippen molar-refractivity contribution < 1.29 is 0 Å². The van der Waals surface area contributed by atoms with E-state index < -0.39 is 0 Å². The van der Waals surface area contributed by atoms with Crippen LogP contribution in [0.1, 0.15) is 21.8 Å². The maximum Gasteiger partial charge on any atom is 0.0897 e. The molecule has 0 atom stereocenters. The molecule has 0 saturated carbocycles. The van der Waals surface area contributed by atoms with Crippen LogP contribution in [0.15, 0.2) is 23.6 Å². The molecule has 0 unspecified atom stereocenters. The monoisotopic (exact) mass is 309 g/mol. The summed E-state index contributed by atoms with van der Waals surface area (Å²) in [6, 6.07) is 6.62. The van der Waals surface area contributed by atoms with Gasteiger partial charge in [-0.3, -0.25) is 4.90 Å². The van der Waals surface area contributed by atoms with Crippen LogP contribution in [0.5, 0.6) is 0 Å². The van der Waals surface area contributed by atoms with Gasteiger partial charge in [-0.05, 0) is 31.5 Å². The number of fused-ring (bicyclic) bond motifs is 1. The standard InChI is InChI=1S/C15H19N3S.ClH/c1-11-17-14(10-19-11)9-18(2)8-13-5-3-4-12-6-7-16-15(12)13;/h3-5,10,16H,6-9H2,1-2H3;1H. The second-order valence-corrected chi connectivity index (χ2v) is 6.22. The molecule has 3 nitrogen and oxygen atoms in total. The Morgan fingerprint density at radius 3 is 2.95 bits per heavy atom. The number of rotatable bonds is 4. The SMILES string of the molecule is Cc1nc(CN(C)Cc2cccc3c2NCC3)cs1.Cl. The number of hydrogen-bond donors (Lipinski definition) is 1. The fourth-order valence-corrected chi connectivity index (χ4v) is 3.25. The Kier molecular flexibility index (Phi) is 5.02. The summed E-state index contributed by atoms with van der Waals surface area (Å²) in [6.07, 6.45) is 1.15. The van der Waals surface area contributed by atoms with Crippen molar-refractivity contribution in [3.8, 4) is 0 Å². The van der Waals surface area contributed by atoms with Gasteiger partial charge in [0.15, 0.2) is 0 Å². The van der Waals surface area contributed by atoms with Crippen LogP contribution in [0.4, 0.5) is 5.69 Å². The molecule has 0 bridgehead atoms. The highest BCUT2D eigenvalue weighted by molar-refractivity contribution is 7.09. The van der Waals surface area contributed by atoms with E-state index in [2.05, 4.69) is 52.8 Å². The van der Waals surface area contributed by atoms with Crippen LogP contribution in [0.3, 0.4) is 0 Å². The van der Waals surface area contributed by atoms with Crippen molar-refractivity contribution in [1.82, 2.24) is 9.88 Å². The second kappa shape index (κ2) is 6.57. The Labute approximate surface area is 130 Å². The molecule has 5 heteroatoms. The van der Waals surface area contributed by atoms with Crippen LogP contribution in [-0.2, 0) is 19.5 Å². The van der Waals surface area contributed by atoms with E-state index in [1.54, 1.807) is 11.3 Å². The molecule has 0 radical (unpaired) electrons.